The average molecular weight is 390 g/mol. The largest absolute Gasteiger partial charge is 0.481 e. The highest BCUT2D eigenvalue weighted by Gasteiger charge is 2.24. The molecule has 2 N–H and O–H groups in total. The molecule has 0 aliphatic rings. The van der Waals surface area contributed by atoms with Crippen LogP contribution in [0.3, 0.4) is 0 Å². The minimum absolute atomic E-state index is 0.0368. The number of hydrogen-bond acceptors (Lipinski definition) is 5. The fraction of sp³-hybridized carbons (Fsp3) is 0.312. The molecule has 1 atom stereocenters. The molecule has 0 heterocycles. The van der Waals surface area contributed by atoms with E-state index in [0.29, 0.717) is 15.6 Å². The monoisotopic (exact) mass is 389 g/mol. The van der Waals surface area contributed by atoms with Crippen molar-refractivity contribution in [3.05, 3.63) is 46.5 Å². The van der Waals surface area contributed by atoms with Gasteiger partial charge in [-0.2, -0.15) is 0 Å². The molecular formula is C16H17Cl2NO6. The summed E-state index contributed by atoms with van der Waals surface area (Å²) in [5, 5.41) is 11.8. The number of Topliss-reactive ketones (excluding diaryl/α,β-unsaturated/α-hetero) is 1. The molecule has 1 aromatic carbocycles. The molecule has 7 nitrogen and oxygen atoms in total. The lowest BCUT2D eigenvalue weighted by Gasteiger charge is -2.16. The number of amides is 1. The number of ether oxygens (including phenoxy) is 2. The molecule has 1 unspecified atom stereocenters. The number of halogens is 2. The Morgan fingerprint density at radius 1 is 1.28 bits per heavy atom. The van der Waals surface area contributed by atoms with Crippen LogP contribution < -0.4 is 5.32 Å². The van der Waals surface area contributed by atoms with Crippen molar-refractivity contribution in [2.45, 2.75) is 19.1 Å². The third-order valence-electron chi connectivity index (χ3n) is 2.94. The predicted molar refractivity (Wildman–Crippen MR) is 91.8 cm³/mol. The maximum absolute atomic E-state index is 12.1. The second-order valence-electron chi connectivity index (χ2n) is 4.84. The fourth-order valence-electron chi connectivity index (χ4n) is 1.76. The number of carboxylic acids is 1. The van der Waals surface area contributed by atoms with Crippen molar-refractivity contribution in [1.29, 1.82) is 0 Å². The van der Waals surface area contributed by atoms with Crippen LogP contribution in [0.4, 0.5) is 4.79 Å². The first-order valence-corrected chi connectivity index (χ1v) is 7.90. The number of ketones is 1. The first-order valence-electron chi connectivity index (χ1n) is 7.14. The van der Waals surface area contributed by atoms with Crippen LogP contribution in [0.2, 0.25) is 10.0 Å². The highest BCUT2D eigenvalue weighted by atomic mass is 35.5. The first-order chi connectivity index (χ1) is 11.8. The number of alkyl carbamates (subject to hydrolysis) is 1. The predicted octanol–water partition coefficient (Wildman–Crippen LogP) is 2.83. The second-order valence-corrected chi connectivity index (χ2v) is 5.66. The highest BCUT2D eigenvalue weighted by Crippen LogP contribution is 2.24. The van der Waals surface area contributed by atoms with Gasteiger partial charge >= 0.3 is 12.1 Å². The Labute approximate surface area is 154 Å². The van der Waals surface area contributed by atoms with Gasteiger partial charge in [0.25, 0.3) is 0 Å². The molecule has 0 saturated heterocycles. The molecule has 136 valence electrons. The van der Waals surface area contributed by atoms with Crippen LogP contribution in [-0.2, 0) is 25.7 Å². The van der Waals surface area contributed by atoms with Gasteiger partial charge in [-0.05, 0) is 12.1 Å². The van der Waals surface area contributed by atoms with Gasteiger partial charge in [0.15, 0.2) is 5.78 Å². The number of aliphatic carboxylic acids is 1. The quantitative estimate of drug-likeness (QED) is 0.596. The van der Waals surface area contributed by atoms with Gasteiger partial charge in [-0.15, -0.1) is 0 Å². The Hall–Kier alpha value is -2.09. The highest BCUT2D eigenvalue weighted by molar-refractivity contribution is 6.35. The number of benzene rings is 1. The van der Waals surface area contributed by atoms with Gasteiger partial charge in [-0.25, -0.2) is 4.79 Å². The summed E-state index contributed by atoms with van der Waals surface area (Å²) in [4.78, 5) is 34.4. The van der Waals surface area contributed by atoms with E-state index in [1.54, 1.807) is 18.2 Å². The summed E-state index contributed by atoms with van der Waals surface area (Å²) in [6, 6.07) is 3.63. The molecule has 1 amide bonds. The Morgan fingerprint density at radius 2 is 1.92 bits per heavy atom. The molecule has 1 aromatic rings. The van der Waals surface area contributed by atoms with Crippen LogP contribution in [0.1, 0.15) is 12.0 Å². The third kappa shape index (κ3) is 7.55. The van der Waals surface area contributed by atoms with Crippen molar-refractivity contribution in [2.75, 3.05) is 13.2 Å². The molecule has 0 saturated carbocycles. The third-order valence-corrected chi connectivity index (χ3v) is 3.65. The Morgan fingerprint density at radius 3 is 2.48 bits per heavy atom. The molecule has 25 heavy (non-hydrogen) atoms. The van der Waals surface area contributed by atoms with Crippen molar-refractivity contribution in [3.8, 4) is 0 Å². The molecule has 0 spiro atoms. The first kappa shape index (κ1) is 21.0. The van der Waals surface area contributed by atoms with Gasteiger partial charge in [0.05, 0.1) is 13.0 Å². The number of carbonyl (C=O) groups excluding carboxylic acids is 2. The smallest absolute Gasteiger partial charge is 0.408 e. The number of hydrogen-bond donors (Lipinski definition) is 2. The summed E-state index contributed by atoms with van der Waals surface area (Å²) < 4.78 is 9.92. The zero-order valence-electron chi connectivity index (χ0n) is 13.2. The standard InChI is InChI=1S/C16H17Cl2NO6/c1-2-6-25-16(23)19-13(7-15(21)22)14(20)9-24-8-10-11(17)4-3-5-12(10)18/h2-5,13H,1,6-9H2,(H,19,23)(H,21,22). The maximum Gasteiger partial charge on any atom is 0.408 e. The van der Waals surface area contributed by atoms with Crippen molar-refractivity contribution in [1.82, 2.24) is 5.32 Å². The van der Waals surface area contributed by atoms with Gasteiger partial charge in [0, 0.05) is 15.6 Å². The number of rotatable bonds is 10. The number of carbonyl (C=O) groups is 3. The summed E-state index contributed by atoms with van der Waals surface area (Å²) in [6.45, 7) is 2.84. The minimum Gasteiger partial charge on any atom is -0.481 e. The number of carboxylic acid groups (broad SMARTS) is 1. The SMILES string of the molecule is C=CCOC(=O)NC(CC(=O)O)C(=O)COCc1c(Cl)cccc1Cl. The lowest BCUT2D eigenvalue weighted by molar-refractivity contribution is -0.140. The van der Waals surface area contributed by atoms with E-state index in [2.05, 4.69) is 16.6 Å². The molecule has 0 fully saturated rings. The second kappa shape index (κ2) is 10.7. The minimum atomic E-state index is -1.28. The zero-order chi connectivity index (χ0) is 18.8. The molecule has 9 heteroatoms. The Kier molecular flexibility index (Phi) is 8.98. The van der Waals surface area contributed by atoms with Crippen molar-refractivity contribution in [3.63, 3.8) is 0 Å². The molecule has 0 bridgehead atoms. The van der Waals surface area contributed by atoms with Gasteiger partial charge in [-0.1, -0.05) is 41.9 Å². The van der Waals surface area contributed by atoms with Crippen LogP contribution in [0, 0.1) is 0 Å². The number of nitrogens with one attached hydrogen (secondary N) is 1. The molecule has 0 radical (unpaired) electrons. The van der Waals surface area contributed by atoms with Gasteiger partial charge in [-0.3, -0.25) is 9.59 Å². The van der Waals surface area contributed by atoms with E-state index < -0.39 is 36.9 Å². The Bertz CT molecular complexity index is 629. The van der Waals surface area contributed by atoms with Crippen LogP contribution in [0.5, 0.6) is 0 Å². The van der Waals surface area contributed by atoms with E-state index in [9.17, 15) is 14.4 Å². The normalized spacial score (nSPS) is 11.4. The lowest BCUT2D eigenvalue weighted by atomic mass is 10.1. The summed E-state index contributed by atoms with van der Waals surface area (Å²) in [6.07, 6.45) is -0.184. The maximum atomic E-state index is 12.1. The molecular weight excluding hydrogens is 373 g/mol. The average Bonchev–Trinajstić information content (AvgIpc) is 2.54. The van der Waals surface area contributed by atoms with Crippen LogP contribution in [0.25, 0.3) is 0 Å². The van der Waals surface area contributed by atoms with Crippen LogP contribution in [0.15, 0.2) is 30.9 Å². The fourth-order valence-corrected chi connectivity index (χ4v) is 2.27. The van der Waals surface area contributed by atoms with Crippen molar-refractivity contribution in [2.24, 2.45) is 0 Å². The van der Waals surface area contributed by atoms with Gasteiger partial charge < -0.3 is 19.9 Å². The van der Waals surface area contributed by atoms with E-state index in [0.717, 1.165) is 0 Å². The van der Waals surface area contributed by atoms with E-state index in [-0.39, 0.29) is 13.2 Å². The summed E-state index contributed by atoms with van der Waals surface area (Å²) >= 11 is 12.0. The van der Waals surface area contributed by atoms with Crippen molar-refractivity contribution < 1.29 is 29.0 Å². The van der Waals surface area contributed by atoms with E-state index in [4.69, 9.17) is 33.0 Å². The molecule has 0 aliphatic heterocycles. The summed E-state index contributed by atoms with van der Waals surface area (Å²) in [5.74, 6) is -1.88. The molecule has 0 aromatic heterocycles. The van der Waals surface area contributed by atoms with Crippen molar-refractivity contribution >= 4 is 41.0 Å². The topological polar surface area (TPSA) is 102 Å². The summed E-state index contributed by atoms with van der Waals surface area (Å²) in [7, 11) is 0. The molecule has 0 aliphatic carbocycles. The lowest BCUT2D eigenvalue weighted by Crippen LogP contribution is -2.44. The van der Waals surface area contributed by atoms with E-state index in [1.807, 2.05) is 0 Å². The van der Waals surface area contributed by atoms with Gasteiger partial charge in [0.1, 0.15) is 19.3 Å². The van der Waals surface area contributed by atoms with Crippen LogP contribution >= 0.6 is 23.2 Å². The summed E-state index contributed by atoms with van der Waals surface area (Å²) in [5.41, 5.74) is 0.506. The van der Waals surface area contributed by atoms with E-state index >= 15 is 0 Å². The Balaban J connectivity index is 2.60. The van der Waals surface area contributed by atoms with Crippen LogP contribution in [-0.4, -0.2) is 42.2 Å². The zero-order valence-corrected chi connectivity index (χ0v) is 14.7. The molecule has 1 rings (SSSR count). The van der Waals surface area contributed by atoms with Gasteiger partial charge in [0.2, 0.25) is 0 Å². The van der Waals surface area contributed by atoms with E-state index in [1.165, 1.54) is 6.08 Å².